The minimum Gasteiger partial charge on any atom is -0.208 e. The molecule has 0 bridgehead atoms. The number of rotatable bonds is 4. The second kappa shape index (κ2) is 11.2. The third-order valence-electron chi connectivity index (χ3n) is 9.49. The summed E-state index contributed by atoms with van der Waals surface area (Å²) >= 11 is 1.82. The fourth-order valence-electron chi connectivity index (χ4n) is 7.08. The molecule has 2 heterocycles. The number of thiophene rings is 1. The van der Waals surface area contributed by atoms with Crippen molar-refractivity contribution in [3.8, 4) is 45.3 Å². The Labute approximate surface area is 286 Å². The average Bonchev–Trinajstić information content (AvgIpc) is 3.58. The molecule has 0 radical (unpaired) electrons. The van der Waals surface area contributed by atoms with Gasteiger partial charge in [-0.15, -0.1) is 11.3 Å². The van der Waals surface area contributed by atoms with E-state index in [1.165, 1.54) is 58.1 Å². The van der Waals surface area contributed by atoms with Gasteiger partial charge in [-0.25, -0.2) is 15.0 Å². The van der Waals surface area contributed by atoms with Gasteiger partial charge in [0, 0.05) is 36.9 Å². The van der Waals surface area contributed by atoms with E-state index < -0.39 is 0 Å². The Hall–Kier alpha value is -6.23. The van der Waals surface area contributed by atoms with E-state index in [0.29, 0.717) is 17.5 Å². The van der Waals surface area contributed by atoms with Crippen LogP contribution in [0.3, 0.4) is 0 Å². The highest BCUT2D eigenvalue weighted by molar-refractivity contribution is 7.26. The van der Waals surface area contributed by atoms with E-state index >= 15 is 0 Å². The van der Waals surface area contributed by atoms with Gasteiger partial charge in [0.25, 0.3) is 0 Å². The standard InChI is InChI=1S/C45H27N3S/c1-2-12-31(13-3-1)43-46-44(32-21-18-29(19-22-32)34-23-20-28-10-4-5-14-33(28)26-34)48-45(47-43)38-27-35-15-7-9-17-37(35)41-40-36-16-8-6-11-30(36)24-25-39(40)49-42(38)41/h1-27H. The summed E-state index contributed by atoms with van der Waals surface area (Å²) in [4.78, 5) is 15.4. The fourth-order valence-corrected chi connectivity index (χ4v) is 8.32. The monoisotopic (exact) mass is 641 g/mol. The highest BCUT2D eigenvalue weighted by Gasteiger charge is 2.20. The average molecular weight is 642 g/mol. The van der Waals surface area contributed by atoms with E-state index in [9.17, 15) is 0 Å². The molecule has 8 aromatic carbocycles. The molecular formula is C45H27N3S. The SMILES string of the molecule is c1ccc(-c2nc(-c3ccc(-c4ccc5ccccc5c4)cc3)nc(-c3cc4ccccc4c4c3sc3ccc5ccccc5c34)n2)cc1. The number of benzene rings is 8. The molecule has 10 rings (SSSR count). The molecule has 49 heavy (non-hydrogen) atoms. The molecule has 0 saturated heterocycles. The maximum atomic E-state index is 5.22. The van der Waals surface area contributed by atoms with Gasteiger partial charge in [0.15, 0.2) is 17.5 Å². The minimum atomic E-state index is 0.654. The number of aromatic nitrogens is 3. The largest absolute Gasteiger partial charge is 0.208 e. The van der Waals surface area contributed by atoms with Crippen molar-refractivity contribution >= 4 is 63.8 Å². The van der Waals surface area contributed by atoms with Crippen LogP contribution >= 0.6 is 11.3 Å². The van der Waals surface area contributed by atoms with Gasteiger partial charge in [0.1, 0.15) is 0 Å². The summed E-state index contributed by atoms with van der Waals surface area (Å²) in [5.74, 6) is 1.99. The van der Waals surface area contributed by atoms with Crippen molar-refractivity contribution < 1.29 is 0 Å². The molecular weight excluding hydrogens is 615 g/mol. The van der Waals surface area contributed by atoms with Crippen LogP contribution in [0.2, 0.25) is 0 Å². The smallest absolute Gasteiger partial charge is 0.165 e. The number of nitrogens with zero attached hydrogens (tertiary/aromatic N) is 3. The molecule has 0 amide bonds. The molecule has 0 aliphatic carbocycles. The quantitative estimate of drug-likeness (QED) is 0.192. The zero-order chi connectivity index (χ0) is 32.3. The van der Waals surface area contributed by atoms with Crippen LogP contribution in [0.4, 0.5) is 0 Å². The Morgan fingerprint density at radius 3 is 1.67 bits per heavy atom. The molecule has 0 saturated carbocycles. The Morgan fingerprint density at radius 1 is 0.347 bits per heavy atom. The normalized spacial score (nSPS) is 11.7. The topological polar surface area (TPSA) is 38.7 Å². The summed E-state index contributed by atoms with van der Waals surface area (Å²) in [6, 6.07) is 58.0. The molecule has 0 unspecified atom stereocenters. The van der Waals surface area contributed by atoms with Gasteiger partial charge >= 0.3 is 0 Å². The molecule has 0 aliphatic rings. The predicted molar refractivity (Wildman–Crippen MR) is 207 cm³/mol. The van der Waals surface area contributed by atoms with E-state index in [2.05, 4.69) is 146 Å². The third kappa shape index (κ3) is 4.68. The summed E-state index contributed by atoms with van der Waals surface area (Å²) in [6.07, 6.45) is 0. The minimum absolute atomic E-state index is 0.654. The molecule has 0 aliphatic heterocycles. The maximum Gasteiger partial charge on any atom is 0.165 e. The van der Waals surface area contributed by atoms with Crippen LogP contribution in [0.1, 0.15) is 0 Å². The summed E-state index contributed by atoms with van der Waals surface area (Å²) in [7, 11) is 0. The van der Waals surface area contributed by atoms with E-state index in [-0.39, 0.29) is 0 Å². The predicted octanol–water partition coefficient (Wildman–Crippen LogP) is 12.4. The zero-order valence-electron chi connectivity index (χ0n) is 26.3. The van der Waals surface area contributed by atoms with Gasteiger partial charge in [-0.05, 0) is 61.6 Å². The summed E-state index contributed by atoms with van der Waals surface area (Å²) in [5, 5.41) is 9.93. The van der Waals surface area contributed by atoms with Crippen LogP contribution in [-0.2, 0) is 0 Å². The van der Waals surface area contributed by atoms with Crippen molar-refractivity contribution in [1.82, 2.24) is 15.0 Å². The van der Waals surface area contributed by atoms with Gasteiger partial charge in [0.05, 0.1) is 0 Å². The van der Waals surface area contributed by atoms with Gasteiger partial charge in [-0.1, -0.05) is 146 Å². The molecule has 10 aromatic rings. The third-order valence-corrected chi connectivity index (χ3v) is 10.7. The maximum absolute atomic E-state index is 5.22. The molecule has 0 N–H and O–H groups in total. The Balaban J connectivity index is 1.19. The van der Waals surface area contributed by atoms with E-state index in [0.717, 1.165) is 22.3 Å². The molecule has 2 aromatic heterocycles. The molecule has 0 spiro atoms. The summed E-state index contributed by atoms with van der Waals surface area (Å²) < 4.78 is 2.45. The van der Waals surface area contributed by atoms with Crippen molar-refractivity contribution in [3.63, 3.8) is 0 Å². The second-order valence-electron chi connectivity index (χ2n) is 12.4. The molecule has 4 heteroatoms. The van der Waals surface area contributed by atoms with Crippen molar-refractivity contribution in [2.24, 2.45) is 0 Å². The first-order valence-corrected chi connectivity index (χ1v) is 17.3. The first-order valence-electron chi connectivity index (χ1n) is 16.4. The van der Waals surface area contributed by atoms with E-state index in [4.69, 9.17) is 15.0 Å². The highest BCUT2D eigenvalue weighted by Crippen LogP contribution is 2.46. The van der Waals surface area contributed by atoms with Crippen molar-refractivity contribution in [1.29, 1.82) is 0 Å². The number of hydrogen-bond donors (Lipinski definition) is 0. The lowest BCUT2D eigenvalue weighted by atomic mass is 9.97. The van der Waals surface area contributed by atoms with Gasteiger partial charge in [-0.3, -0.25) is 0 Å². The Bertz CT molecular complexity index is 2870. The molecule has 0 fully saturated rings. The van der Waals surface area contributed by atoms with Crippen LogP contribution in [-0.4, -0.2) is 15.0 Å². The fraction of sp³-hybridized carbons (Fsp3) is 0. The van der Waals surface area contributed by atoms with Crippen LogP contribution in [0.5, 0.6) is 0 Å². The van der Waals surface area contributed by atoms with Crippen molar-refractivity contribution in [3.05, 3.63) is 164 Å². The van der Waals surface area contributed by atoms with Crippen LogP contribution in [0.25, 0.3) is 97.8 Å². The van der Waals surface area contributed by atoms with Crippen LogP contribution < -0.4 is 0 Å². The highest BCUT2D eigenvalue weighted by atomic mass is 32.1. The molecule has 228 valence electrons. The Kier molecular flexibility index (Phi) is 6.36. The summed E-state index contributed by atoms with van der Waals surface area (Å²) in [6.45, 7) is 0. The molecule has 0 atom stereocenters. The lowest BCUT2D eigenvalue weighted by Crippen LogP contribution is -2.00. The van der Waals surface area contributed by atoms with Gasteiger partial charge in [-0.2, -0.15) is 0 Å². The van der Waals surface area contributed by atoms with E-state index in [1.54, 1.807) is 0 Å². The molecule has 3 nitrogen and oxygen atoms in total. The zero-order valence-corrected chi connectivity index (χ0v) is 27.2. The van der Waals surface area contributed by atoms with Gasteiger partial charge < -0.3 is 0 Å². The lowest BCUT2D eigenvalue weighted by Gasteiger charge is -2.11. The second-order valence-corrected chi connectivity index (χ2v) is 13.5. The number of fused-ring (bicyclic) bond motifs is 8. The number of hydrogen-bond acceptors (Lipinski definition) is 4. The van der Waals surface area contributed by atoms with Crippen LogP contribution in [0, 0.1) is 0 Å². The van der Waals surface area contributed by atoms with Crippen molar-refractivity contribution in [2.75, 3.05) is 0 Å². The van der Waals surface area contributed by atoms with Crippen molar-refractivity contribution in [2.45, 2.75) is 0 Å². The Morgan fingerprint density at radius 2 is 0.898 bits per heavy atom. The van der Waals surface area contributed by atoms with Gasteiger partial charge in [0.2, 0.25) is 0 Å². The van der Waals surface area contributed by atoms with Crippen LogP contribution in [0.15, 0.2) is 164 Å². The first kappa shape index (κ1) is 27.8. The first-order chi connectivity index (χ1) is 24.3. The lowest BCUT2D eigenvalue weighted by molar-refractivity contribution is 1.08. The summed E-state index contributed by atoms with van der Waals surface area (Å²) in [5.41, 5.74) is 5.26. The van der Waals surface area contributed by atoms with E-state index in [1.807, 2.05) is 29.5 Å².